The maximum absolute atomic E-state index is 11.0. The maximum atomic E-state index is 11.0. The summed E-state index contributed by atoms with van der Waals surface area (Å²) in [6.07, 6.45) is 0. The van der Waals surface area contributed by atoms with Gasteiger partial charge in [0.25, 0.3) is 0 Å². The van der Waals surface area contributed by atoms with Crippen molar-refractivity contribution in [2.24, 2.45) is 0 Å². The van der Waals surface area contributed by atoms with Gasteiger partial charge < -0.3 is 9.84 Å². The normalized spacial score (nSPS) is 12.7. The summed E-state index contributed by atoms with van der Waals surface area (Å²) in [7, 11) is 3.25. The van der Waals surface area contributed by atoms with Crippen LogP contribution in [0.15, 0.2) is 18.2 Å². The van der Waals surface area contributed by atoms with Gasteiger partial charge in [-0.25, -0.2) is 0 Å². The van der Waals surface area contributed by atoms with Crippen LogP contribution >= 0.6 is 0 Å². The number of nitrogens with zero attached hydrogens (tertiary/aromatic N) is 2. The molecule has 0 fully saturated rings. The first kappa shape index (κ1) is 13.6. The number of hydrogen-bond donors (Lipinski definition) is 1. The van der Waals surface area contributed by atoms with Gasteiger partial charge in [-0.3, -0.25) is 14.7 Å². The Kier molecular flexibility index (Phi) is 5.06. The van der Waals surface area contributed by atoms with Crippen molar-refractivity contribution in [1.82, 2.24) is 9.88 Å². The Morgan fingerprint density at radius 2 is 2.29 bits per heavy atom. The molecule has 1 unspecified atom stereocenters. The summed E-state index contributed by atoms with van der Waals surface area (Å²) in [6.45, 7) is 2.56. The summed E-state index contributed by atoms with van der Waals surface area (Å²) >= 11 is 0. The summed E-state index contributed by atoms with van der Waals surface area (Å²) in [5, 5.41) is 9.07. The highest BCUT2D eigenvalue weighted by Gasteiger charge is 2.22. The number of hydrogen-bond acceptors (Lipinski definition) is 4. The van der Waals surface area contributed by atoms with E-state index in [0.717, 1.165) is 11.4 Å². The van der Waals surface area contributed by atoms with Gasteiger partial charge in [-0.1, -0.05) is 6.07 Å². The minimum Gasteiger partial charge on any atom is -0.480 e. The van der Waals surface area contributed by atoms with Crippen molar-refractivity contribution in [2.75, 3.05) is 20.8 Å². The predicted molar refractivity (Wildman–Crippen MR) is 63.7 cm³/mol. The standard InChI is InChI=1S/C12H18N2O3/c1-9-5-4-6-10(13-9)7-14(2)11(8-17-3)12(15)16/h4-6,11H,7-8H2,1-3H3,(H,15,16). The molecule has 0 radical (unpaired) electrons. The van der Waals surface area contributed by atoms with Crippen molar-refractivity contribution in [3.05, 3.63) is 29.6 Å². The third kappa shape index (κ3) is 4.13. The Bertz CT molecular complexity index is 382. The fraction of sp³-hybridized carbons (Fsp3) is 0.500. The molecule has 0 spiro atoms. The fourth-order valence-corrected chi connectivity index (χ4v) is 1.60. The lowest BCUT2D eigenvalue weighted by molar-refractivity contribution is -0.145. The van der Waals surface area contributed by atoms with Gasteiger partial charge in [0.1, 0.15) is 6.04 Å². The van der Waals surface area contributed by atoms with Gasteiger partial charge in [-0.15, -0.1) is 0 Å². The van der Waals surface area contributed by atoms with E-state index in [2.05, 4.69) is 4.98 Å². The van der Waals surface area contributed by atoms with E-state index in [0.29, 0.717) is 6.54 Å². The zero-order valence-corrected chi connectivity index (χ0v) is 10.4. The van der Waals surface area contributed by atoms with Gasteiger partial charge in [0.2, 0.25) is 0 Å². The number of aryl methyl sites for hydroxylation is 1. The Labute approximate surface area is 101 Å². The molecule has 1 rings (SSSR count). The molecule has 0 aromatic carbocycles. The molecule has 17 heavy (non-hydrogen) atoms. The summed E-state index contributed by atoms with van der Waals surface area (Å²) in [4.78, 5) is 17.1. The topological polar surface area (TPSA) is 62.7 Å². The van der Waals surface area contributed by atoms with E-state index in [4.69, 9.17) is 9.84 Å². The molecule has 1 aromatic heterocycles. The maximum Gasteiger partial charge on any atom is 0.323 e. The number of aliphatic carboxylic acids is 1. The number of rotatable bonds is 6. The molecule has 0 amide bonds. The van der Waals surface area contributed by atoms with Crippen LogP contribution in [0.25, 0.3) is 0 Å². The zero-order valence-electron chi connectivity index (χ0n) is 10.4. The first-order valence-corrected chi connectivity index (χ1v) is 5.39. The van der Waals surface area contributed by atoms with Crippen LogP contribution in [-0.2, 0) is 16.1 Å². The highest BCUT2D eigenvalue weighted by atomic mass is 16.5. The van der Waals surface area contributed by atoms with Crippen LogP contribution in [0.2, 0.25) is 0 Å². The van der Waals surface area contributed by atoms with Crippen molar-refractivity contribution in [1.29, 1.82) is 0 Å². The van der Waals surface area contributed by atoms with Crippen molar-refractivity contribution < 1.29 is 14.6 Å². The second-order valence-corrected chi connectivity index (χ2v) is 3.99. The van der Waals surface area contributed by atoms with E-state index in [9.17, 15) is 4.79 Å². The molecule has 1 atom stereocenters. The first-order valence-electron chi connectivity index (χ1n) is 5.39. The van der Waals surface area contributed by atoms with Gasteiger partial charge >= 0.3 is 5.97 Å². The van der Waals surface area contributed by atoms with Crippen LogP contribution in [0, 0.1) is 6.92 Å². The fourth-order valence-electron chi connectivity index (χ4n) is 1.60. The Morgan fingerprint density at radius 3 is 2.82 bits per heavy atom. The molecule has 0 saturated heterocycles. The molecular weight excluding hydrogens is 220 g/mol. The van der Waals surface area contributed by atoms with Crippen LogP contribution in [0.4, 0.5) is 0 Å². The second kappa shape index (κ2) is 6.32. The van der Waals surface area contributed by atoms with Crippen molar-refractivity contribution >= 4 is 5.97 Å². The number of carbonyl (C=O) groups is 1. The van der Waals surface area contributed by atoms with Crippen LogP contribution in [0.3, 0.4) is 0 Å². The Morgan fingerprint density at radius 1 is 1.59 bits per heavy atom. The van der Waals surface area contributed by atoms with E-state index in [1.165, 1.54) is 7.11 Å². The molecule has 5 heteroatoms. The van der Waals surface area contributed by atoms with Gasteiger partial charge in [0, 0.05) is 19.3 Å². The van der Waals surface area contributed by atoms with Gasteiger partial charge in [-0.2, -0.15) is 0 Å². The second-order valence-electron chi connectivity index (χ2n) is 3.99. The molecule has 1 N–H and O–H groups in total. The third-order valence-corrected chi connectivity index (χ3v) is 2.50. The molecule has 0 aliphatic rings. The van der Waals surface area contributed by atoms with Gasteiger partial charge in [-0.05, 0) is 26.1 Å². The minimum absolute atomic E-state index is 0.164. The summed E-state index contributed by atoms with van der Waals surface area (Å²) in [5.74, 6) is -0.887. The highest BCUT2D eigenvalue weighted by molar-refractivity contribution is 5.73. The molecule has 94 valence electrons. The lowest BCUT2D eigenvalue weighted by Gasteiger charge is -2.23. The van der Waals surface area contributed by atoms with Crippen LogP contribution < -0.4 is 0 Å². The summed E-state index contributed by atoms with van der Waals surface area (Å²) in [6, 6.07) is 5.06. The molecule has 5 nitrogen and oxygen atoms in total. The van der Waals surface area contributed by atoms with Gasteiger partial charge in [0.05, 0.1) is 12.3 Å². The summed E-state index contributed by atoms with van der Waals surface area (Å²) in [5.41, 5.74) is 1.78. The SMILES string of the molecule is COCC(C(=O)O)N(C)Cc1cccc(C)n1. The van der Waals surface area contributed by atoms with E-state index >= 15 is 0 Å². The Balaban J connectivity index is 2.69. The molecule has 1 aromatic rings. The van der Waals surface area contributed by atoms with E-state index in [-0.39, 0.29) is 6.61 Å². The molecule has 0 aliphatic carbocycles. The number of likely N-dealkylation sites (N-methyl/N-ethyl adjacent to an activating group) is 1. The quantitative estimate of drug-likeness (QED) is 0.798. The lowest BCUT2D eigenvalue weighted by atomic mass is 10.2. The number of carboxylic acids is 1. The van der Waals surface area contributed by atoms with Crippen molar-refractivity contribution in [3.8, 4) is 0 Å². The largest absolute Gasteiger partial charge is 0.480 e. The smallest absolute Gasteiger partial charge is 0.323 e. The number of methoxy groups -OCH3 is 1. The van der Waals surface area contributed by atoms with Crippen molar-refractivity contribution in [2.45, 2.75) is 19.5 Å². The molecule has 1 heterocycles. The van der Waals surface area contributed by atoms with Crippen molar-refractivity contribution in [3.63, 3.8) is 0 Å². The molecule has 0 bridgehead atoms. The predicted octanol–water partition coefficient (Wildman–Crippen LogP) is 0.921. The number of aromatic nitrogens is 1. The molecular formula is C12H18N2O3. The number of pyridine rings is 1. The lowest BCUT2D eigenvalue weighted by Crippen LogP contribution is -2.41. The van der Waals surface area contributed by atoms with Crippen LogP contribution in [0.1, 0.15) is 11.4 Å². The summed E-state index contributed by atoms with van der Waals surface area (Å²) < 4.78 is 4.90. The Hall–Kier alpha value is -1.46. The van der Waals surface area contributed by atoms with E-state index in [1.807, 2.05) is 25.1 Å². The average molecular weight is 238 g/mol. The average Bonchev–Trinajstić information content (AvgIpc) is 2.25. The van der Waals surface area contributed by atoms with Gasteiger partial charge in [0.15, 0.2) is 0 Å². The minimum atomic E-state index is -0.887. The third-order valence-electron chi connectivity index (χ3n) is 2.50. The molecule has 0 aliphatic heterocycles. The monoisotopic (exact) mass is 238 g/mol. The number of ether oxygens (including phenoxy) is 1. The van der Waals surface area contributed by atoms with E-state index in [1.54, 1.807) is 11.9 Å². The highest BCUT2D eigenvalue weighted by Crippen LogP contribution is 2.06. The number of carboxylic acid groups (broad SMARTS) is 1. The van der Waals surface area contributed by atoms with Crippen LogP contribution in [0.5, 0.6) is 0 Å². The van der Waals surface area contributed by atoms with E-state index < -0.39 is 12.0 Å². The first-order chi connectivity index (χ1) is 8.04. The molecule has 0 saturated carbocycles. The van der Waals surface area contributed by atoms with Crippen LogP contribution in [-0.4, -0.2) is 47.8 Å². The zero-order chi connectivity index (χ0) is 12.8.